The van der Waals surface area contributed by atoms with Gasteiger partial charge in [0.15, 0.2) is 6.61 Å². The molecule has 168 valence electrons. The molecule has 0 bridgehead atoms. The summed E-state index contributed by atoms with van der Waals surface area (Å²) in [6.07, 6.45) is -4.53. The maximum atomic E-state index is 12.7. The van der Waals surface area contributed by atoms with Gasteiger partial charge in [-0.2, -0.15) is 13.2 Å². The highest BCUT2D eigenvalue weighted by molar-refractivity contribution is 7.92. The number of amides is 1. The maximum Gasteiger partial charge on any atom is 0.416 e. The third-order valence-electron chi connectivity index (χ3n) is 4.07. The molecule has 0 heterocycles. The van der Waals surface area contributed by atoms with Crippen LogP contribution in [0.5, 0.6) is 5.75 Å². The molecular formula is C21H16ClF3N2O4S. The second kappa shape index (κ2) is 9.49. The molecule has 3 rings (SSSR count). The van der Waals surface area contributed by atoms with Crippen LogP contribution in [0, 0.1) is 0 Å². The Balaban J connectivity index is 1.57. The molecule has 32 heavy (non-hydrogen) atoms. The Morgan fingerprint density at radius 1 is 0.938 bits per heavy atom. The first kappa shape index (κ1) is 23.4. The van der Waals surface area contributed by atoms with Crippen molar-refractivity contribution >= 4 is 38.9 Å². The smallest absolute Gasteiger partial charge is 0.416 e. The number of hydrogen-bond donors (Lipinski definition) is 2. The zero-order valence-corrected chi connectivity index (χ0v) is 17.8. The molecule has 3 aromatic carbocycles. The van der Waals surface area contributed by atoms with E-state index in [1.54, 1.807) is 12.1 Å². The Kier molecular flexibility index (Phi) is 6.95. The van der Waals surface area contributed by atoms with Crippen LogP contribution in [0.15, 0.2) is 77.7 Å². The van der Waals surface area contributed by atoms with E-state index in [2.05, 4.69) is 10.0 Å². The lowest BCUT2D eigenvalue weighted by molar-refractivity contribution is -0.137. The minimum absolute atomic E-state index is 0.0249. The van der Waals surface area contributed by atoms with Gasteiger partial charge in [-0.3, -0.25) is 9.52 Å². The lowest BCUT2D eigenvalue weighted by atomic mass is 10.2. The minimum atomic E-state index is -4.53. The first-order chi connectivity index (χ1) is 15.0. The number of benzene rings is 3. The molecule has 0 aromatic heterocycles. The molecule has 0 saturated carbocycles. The quantitative estimate of drug-likeness (QED) is 0.484. The third kappa shape index (κ3) is 6.38. The fourth-order valence-corrected chi connectivity index (χ4v) is 3.75. The maximum absolute atomic E-state index is 12.7. The highest BCUT2D eigenvalue weighted by atomic mass is 35.5. The Bertz CT molecular complexity index is 1200. The highest BCUT2D eigenvalue weighted by Gasteiger charge is 2.30. The van der Waals surface area contributed by atoms with E-state index in [-0.39, 0.29) is 16.3 Å². The number of carbonyl (C=O) groups excluding carboxylic acids is 1. The average molecular weight is 485 g/mol. The fraction of sp³-hybridized carbons (Fsp3) is 0.0952. The molecule has 0 aliphatic carbocycles. The predicted octanol–water partition coefficient (Wildman–Crippen LogP) is 5.18. The Morgan fingerprint density at radius 3 is 2.22 bits per heavy atom. The van der Waals surface area contributed by atoms with Gasteiger partial charge < -0.3 is 10.1 Å². The van der Waals surface area contributed by atoms with E-state index in [0.717, 1.165) is 12.1 Å². The summed E-state index contributed by atoms with van der Waals surface area (Å²) in [5.74, 6) is -0.472. The van der Waals surface area contributed by atoms with Crippen LogP contribution in [0.4, 0.5) is 24.5 Å². The molecular weight excluding hydrogens is 469 g/mol. The summed E-state index contributed by atoms with van der Waals surface area (Å²) < 4.78 is 70.8. The van der Waals surface area contributed by atoms with Gasteiger partial charge >= 0.3 is 6.18 Å². The topological polar surface area (TPSA) is 84.5 Å². The van der Waals surface area contributed by atoms with E-state index in [1.807, 2.05) is 0 Å². The SMILES string of the molecule is O=C(COc1ccc(S(=O)(=O)Nc2ccc(Cl)cc2)cc1)Nc1cccc(C(F)(F)F)c1. The van der Waals surface area contributed by atoms with E-state index in [1.165, 1.54) is 48.5 Å². The standard InChI is InChI=1S/C21H16ClF3N2O4S/c22-15-4-6-16(7-5-15)27-32(29,30)19-10-8-18(9-11-19)31-13-20(28)26-17-3-1-2-14(12-17)21(23,24)25/h1-12,27H,13H2,(H,26,28). The number of alkyl halides is 3. The number of rotatable bonds is 7. The lowest BCUT2D eigenvalue weighted by Crippen LogP contribution is -2.20. The van der Waals surface area contributed by atoms with Crippen molar-refractivity contribution in [2.75, 3.05) is 16.6 Å². The molecule has 11 heteroatoms. The monoisotopic (exact) mass is 484 g/mol. The first-order valence-electron chi connectivity index (χ1n) is 9.01. The van der Waals surface area contributed by atoms with Crippen molar-refractivity contribution in [1.82, 2.24) is 0 Å². The van der Waals surface area contributed by atoms with Gasteiger partial charge in [0.2, 0.25) is 0 Å². The van der Waals surface area contributed by atoms with Gasteiger partial charge in [0.25, 0.3) is 15.9 Å². The van der Waals surface area contributed by atoms with Gasteiger partial charge in [0, 0.05) is 16.4 Å². The summed E-state index contributed by atoms with van der Waals surface area (Å²) in [7, 11) is -3.85. The normalized spacial score (nSPS) is 11.6. The van der Waals surface area contributed by atoms with Gasteiger partial charge in [-0.1, -0.05) is 17.7 Å². The number of sulfonamides is 1. The van der Waals surface area contributed by atoms with Gasteiger partial charge in [0.05, 0.1) is 10.5 Å². The molecule has 0 radical (unpaired) electrons. The van der Waals surface area contributed by atoms with Crippen molar-refractivity contribution in [2.24, 2.45) is 0 Å². The number of hydrogen-bond acceptors (Lipinski definition) is 4. The molecule has 3 aromatic rings. The number of ether oxygens (including phenoxy) is 1. The van der Waals surface area contributed by atoms with Crippen LogP contribution in [0.1, 0.15) is 5.56 Å². The van der Waals surface area contributed by atoms with E-state index in [4.69, 9.17) is 16.3 Å². The number of halogens is 4. The van der Waals surface area contributed by atoms with Crippen molar-refractivity contribution in [3.8, 4) is 5.75 Å². The first-order valence-corrected chi connectivity index (χ1v) is 10.9. The number of carbonyl (C=O) groups is 1. The number of nitrogens with one attached hydrogen (secondary N) is 2. The van der Waals surface area contributed by atoms with Crippen molar-refractivity contribution in [3.05, 3.63) is 83.4 Å². The Morgan fingerprint density at radius 2 is 1.59 bits per heavy atom. The summed E-state index contributed by atoms with van der Waals surface area (Å²) >= 11 is 5.77. The Labute approximate surface area is 187 Å². The summed E-state index contributed by atoms with van der Waals surface area (Å²) in [5, 5.41) is 2.78. The van der Waals surface area contributed by atoms with Crippen molar-refractivity contribution in [2.45, 2.75) is 11.1 Å². The summed E-state index contributed by atoms with van der Waals surface area (Å²) in [4.78, 5) is 11.9. The van der Waals surface area contributed by atoms with Crippen molar-refractivity contribution in [1.29, 1.82) is 0 Å². The molecule has 0 fully saturated rings. The zero-order chi connectivity index (χ0) is 23.4. The van der Waals surface area contributed by atoms with Crippen LogP contribution >= 0.6 is 11.6 Å². The van der Waals surface area contributed by atoms with Crippen LogP contribution < -0.4 is 14.8 Å². The largest absolute Gasteiger partial charge is 0.484 e. The van der Waals surface area contributed by atoms with E-state index >= 15 is 0 Å². The molecule has 1 amide bonds. The minimum Gasteiger partial charge on any atom is -0.484 e. The lowest BCUT2D eigenvalue weighted by Gasteiger charge is -2.11. The molecule has 2 N–H and O–H groups in total. The molecule has 0 unspecified atom stereocenters. The van der Waals surface area contributed by atoms with E-state index < -0.39 is 34.3 Å². The van der Waals surface area contributed by atoms with Crippen LogP contribution in [0.2, 0.25) is 5.02 Å². The van der Waals surface area contributed by atoms with Gasteiger partial charge in [0.1, 0.15) is 5.75 Å². The summed E-state index contributed by atoms with van der Waals surface area (Å²) in [6, 6.07) is 15.6. The molecule has 0 atom stereocenters. The third-order valence-corrected chi connectivity index (χ3v) is 5.72. The highest BCUT2D eigenvalue weighted by Crippen LogP contribution is 2.30. The molecule has 0 aliphatic heterocycles. The fourth-order valence-electron chi connectivity index (χ4n) is 2.57. The average Bonchev–Trinajstić information content (AvgIpc) is 2.74. The Hall–Kier alpha value is -3.24. The summed E-state index contributed by atoms with van der Waals surface area (Å²) in [5.41, 5.74) is -0.579. The van der Waals surface area contributed by atoms with Gasteiger partial charge in [-0.15, -0.1) is 0 Å². The predicted molar refractivity (Wildman–Crippen MR) is 114 cm³/mol. The number of anilines is 2. The molecule has 0 aliphatic rings. The van der Waals surface area contributed by atoms with E-state index in [9.17, 15) is 26.4 Å². The van der Waals surface area contributed by atoms with Crippen molar-refractivity contribution in [3.63, 3.8) is 0 Å². The molecule has 0 saturated heterocycles. The van der Waals surface area contributed by atoms with Crippen LogP contribution in [0.25, 0.3) is 0 Å². The molecule has 6 nitrogen and oxygen atoms in total. The van der Waals surface area contributed by atoms with E-state index in [0.29, 0.717) is 10.7 Å². The second-order valence-electron chi connectivity index (χ2n) is 6.50. The second-order valence-corrected chi connectivity index (χ2v) is 8.62. The zero-order valence-electron chi connectivity index (χ0n) is 16.2. The van der Waals surface area contributed by atoms with Crippen LogP contribution in [-0.2, 0) is 21.0 Å². The van der Waals surface area contributed by atoms with Crippen LogP contribution in [-0.4, -0.2) is 20.9 Å². The molecule has 0 spiro atoms. The van der Waals surface area contributed by atoms with Gasteiger partial charge in [-0.05, 0) is 66.7 Å². The van der Waals surface area contributed by atoms with Crippen molar-refractivity contribution < 1.29 is 31.1 Å². The van der Waals surface area contributed by atoms with Gasteiger partial charge in [-0.25, -0.2) is 8.42 Å². The summed E-state index contributed by atoms with van der Waals surface area (Å²) in [6.45, 7) is -0.481. The van der Waals surface area contributed by atoms with Crippen LogP contribution in [0.3, 0.4) is 0 Å².